The van der Waals surface area contributed by atoms with Gasteiger partial charge in [-0.15, -0.1) is 0 Å². The molecule has 3 aliphatic rings. The Kier molecular flexibility index (Phi) is 7.28. The molecule has 0 aliphatic heterocycles. The summed E-state index contributed by atoms with van der Waals surface area (Å²) in [5, 5.41) is 4.11. The van der Waals surface area contributed by atoms with Crippen molar-refractivity contribution in [2.75, 3.05) is 0 Å². The van der Waals surface area contributed by atoms with E-state index in [-0.39, 0.29) is 11.9 Å². The number of hydrogen-bond acceptors (Lipinski definition) is 4. The zero-order valence-corrected chi connectivity index (χ0v) is 26.3. The number of carbonyl (C=O) groups excluding carboxylic acids is 2. The second kappa shape index (κ2) is 10.7. The quantitative estimate of drug-likeness (QED) is 0.222. The van der Waals surface area contributed by atoms with Crippen LogP contribution in [0.5, 0.6) is 0 Å². The molecular weight excluding hydrogens is 607 g/mol. The Bertz CT molecular complexity index is 1780. The van der Waals surface area contributed by atoms with E-state index in [9.17, 15) is 9.59 Å². The summed E-state index contributed by atoms with van der Waals surface area (Å²) in [6.07, 6.45) is 3.83. The summed E-state index contributed by atoms with van der Waals surface area (Å²) < 4.78 is 22.1. The minimum atomic E-state index is -0.873. The van der Waals surface area contributed by atoms with Gasteiger partial charge in [0.2, 0.25) is 0 Å². The smallest absolute Gasteiger partial charge is 0.316 e. The third-order valence-electron chi connectivity index (χ3n) is 8.72. The van der Waals surface area contributed by atoms with Crippen LogP contribution < -0.4 is 5.32 Å². The van der Waals surface area contributed by atoms with Crippen LogP contribution in [-0.2, 0) is 9.53 Å². The topological polar surface area (TPSA) is 68.3 Å². The first kappa shape index (κ1) is 29.2. The summed E-state index contributed by atoms with van der Waals surface area (Å²) in [6, 6.07) is 22.1. The normalized spacial score (nSPS) is 21.4. The molecule has 1 heterocycles. The summed E-state index contributed by atoms with van der Waals surface area (Å²) in [5.74, 6) is -0.953. The lowest BCUT2D eigenvalue weighted by molar-refractivity contribution is -0.167. The Labute approximate surface area is 259 Å². The molecule has 0 saturated heterocycles. The van der Waals surface area contributed by atoms with Gasteiger partial charge in [-0.1, -0.05) is 70.5 Å². The number of amides is 1. The van der Waals surface area contributed by atoms with E-state index in [0.717, 1.165) is 26.7 Å². The Morgan fingerprint density at radius 2 is 1.63 bits per heavy atom. The lowest BCUT2D eigenvalue weighted by Crippen LogP contribution is -2.58. The molecule has 220 valence electrons. The van der Waals surface area contributed by atoms with E-state index < -0.39 is 22.4 Å². The zero-order valence-electron chi connectivity index (χ0n) is 24.8. The second-order valence-electron chi connectivity index (χ2n) is 12.7. The summed E-state index contributed by atoms with van der Waals surface area (Å²) in [5.41, 5.74) is 2.28. The summed E-state index contributed by atoms with van der Waals surface area (Å²) in [6.45, 7) is 7.47. The zero-order chi connectivity index (χ0) is 30.6. The van der Waals surface area contributed by atoms with Crippen LogP contribution in [0.2, 0.25) is 0 Å². The maximum absolute atomic E-state index is 15.4. The minimum Gasteiger partial charge on any atom is -0.459 e. The van der Waals surface area contributed by atoms with Crippen molar-refractivity contribution in [3.63, 3.8) is 0 Å². The Morgan fingerprint density at radius 1 is 0.953 bits per heavy atom. The van der Waals surface area contributed by atoms with Crippen LogP contribution in [0.1, 0.15) is 67.9 Å². The van der Waals surface area contributed by atoms with Crippen LogP contribution >= 0.6 is 15.9 Å². The summed E-state index contributed by atoms with van der Waals surface area (Å²) >= 11 is 3.57. The molecule has 5 nitrogen and oxygen atoms in total. The molecule has 1 saturated carbocycles. The van der Waals surface area contributed by atoms with Gasteiger partial charge in [-0.25, -0.2) is 9.37 Å². The average Bonchev–Trinajstić information content (AvgIpc) is 2.97. The number of halogens is 2. The van der Waals surface area contributed by atoms with Crippen LogP contribution in [0.25, 0.3) is 27.7 Å². The Hall–Kier alpha value is -3.84. The van der Waals surface area contributed by atoms with E-state index in [1.165, 1.54) is 6.07 Å². The maximum Gasteiger partial charge on any atom is 0.316 e. The molecule has 1 amide bonds. The van der Waals surface area contributed by atoms with Crippen molar-refractivity contribution in [3.8, 4) is 11.3 Å². The molecule has 2 bridgehead atoms. The van der Waals surface area contributed by atoms with E-state index >= 15 is 4.39 Å². The lowest BCUT2D eigenvalue weighted by Gasteiger charge is -2.51. The molecule has 1 aromatic heterocycles. The molecule has 7 rings (SSSR count). The molecular formula is C36H34BrFN2O3. The van der Waals surface area contributed by atoms with Gasteiger partial charge >= 0.3 is 5.97 Å². The summed E-state index contributed by atoms with van der Waals surface area (Å²) in [7, 11) is 0. The van der Waals surface area contributed by atoms with Gasteiger partial charge in [0, 0.05) is 21.0 Å². The van der Waals surface area contributed by atoms with Crippen molar-refractivity contribution in [3.05, 3.63) is 106 Å². The molecule has 0 atom stereocenters. The number of aromatic nitrogens is 1. The molecule has 1 N–H and O–H groups in total. The summed E-state index contributed by atoms with van der Waals surface area (Å²) in [4.78, 5) is 33.0. The van der Waals surface area contributed by atoms with Gasteiger partial charge in [0.15, 0.2) is 0 Å². The number of pyridine rings is 1. The number of ether oxygens (including phenoxy) is 1. The molecule has 7 heteroatoms. The van der Waals surface area contributed by atoms with E-state index in [1.54, 1.807) is 18.2 Å². The number of carbonyl (C=O) groups is 2. The van der Waals surface area contributed by atoms with Crippen molar-refractivity contribution >= 4 is 44.3 Å². The highest BCUT2D eigenvalue weighted by Gasteiger charge is 2.55. The third kappa shape index (κ3) is 5.29. The molecule has 3 aromatic carbocycles. The first-order chi connectivity index (χ1) is 20.4. The van der Waals surface area contributed by atoms with Gasteiger partial charge in [-0.05, 0) is 88.8 Å². The molecule has 43 heavy (non-hydrogen) atoms. The van der Waals surface area contributed by atoms with Crippen molar-refractivity contribution in [1.29, 1.82) is 0 Å². The standard InChI is InChI=1S/C36H34BrFN2O3/c1-22-30(26-20-24(37)14-15-29(26)39-31(22)23-10-6-5-7-11-23)32(41)40-36-18-16-35(17-19-36,33(42)43-34(2,3)4)21-27(36)25-12-8-9-13-28(25)38/h5-15,20-21H,16-19H2,1-4H3,(H,40,41). The number of esters is 1. The lowest BCUT2D eigenvalue weighted by atomic mass is 9.57. The van der Waals surface area contributed by atoms with Crippen molar-refractivity contribution in [2.45, 2.75) is 64.5 Å². The van der Waals surface area contributed by atoms with Crippen molar-refractivity contribution in [1.82, 2.24) is 10.3 Å². The molecule has 0 radical (unpaired) electrons. The van der Waals surface area contributed by atoms with Crippen LogP contribution in [0.3, 0.4) is 0 Å². The SMILES string of the molecule is Cc1c(-c2ccccc2)nc2ccc(Br)cc2c1C(=O)NC12CCC(C(=O)OC(C)(C)C)(C=C1c1ccccc1F)CC2. The third-order valence-corrected chi connectivity index (χ3v) is 9.21. The highest BCUT2D eigenvalue weighted by Crippen LogP contribution is 2.55. The number of rotatable bonds is 5. The number of nitrogens with one attached hydrogen (secondary N) is 1. The second-order valence-corrected chi connectivity index (χ2v) is 13.6. The van der Waals surface area contributed by atoms with Gasteiger partial charge in [0.1, 0.15) is 11.4 Å². The maximum atomic E-state index is 15.4. The number of fused-ring (bicyclic) bond motifs is 3. The monoisotopic (exact) mass is 640 g/mol. The molecule has 3 aliphatic carbocycles. The van der Waals surface area contributed by atoms with E-state index in [2.05, 4.69) is 21.2 Å². The predicted octanol–water partition coefficient (Wildman–Crippen LogP) is 8.58. The van der Waals surface area contributed by atoms with E-state index in [0.29, 0.717) is 47.9 Å². The van der Waals surface area contributed by atoms with Crippen molar-refractivity contribution in [2.24, 2.45) is 5.41 Å². The van der Waals surface area contributed by atoms with Gasteiger partial charge < -0.3 is 10.1 Å². The Morgan fingerprint density at radius 3 is 2.30 bits per heavy atom. The number of hydrogen-bond donors (Lipinski definition) is 1. The Balaban J connectivity index is 1.48. The van der Waals surface area contributed by atoms with Gasteiger partial charge in [-0.3, -0.25) is 9.59 Å². The van der Waals surface area contributed by atoms with Gasteiger partial charge in [0.05, 0.1) is 27.7 Å². The largest absolute Gasteiger partial charge is 0.459 e. The molecule has 1 fully saturated rings. The van der Waals surface area contributed by atoms with Crippen LogP contribution in [0, 0.1) is 18.2 Å². The van der Waals surface area contributed by atoms with Crippen molar-refractivity contribution < 1.29 is 18.7 Å². The van der Waals surface area contributed by atoms with Crippen LogP contribution in [-0.4, -0.2) is 28.0 Å². The minimum absolute atomic E-state index is 0.255. The molecule has 0 unspecified atom stereocenters. The highest BCUT2D eigenvalue weighted by atomic mass is 79.9. The van der Waals surface area contributed by atoms with E-state index in [1.807, 2.05) is 82.3 Å². The van der Waals surface area contributed by atoms with E-state index in [4.69, 9.17) is 9.72 Å². The van der Waals surface area contributed by atoms with Gasteiger partial charge in [-0.2, -0.15) is 0 Å². The molecule has 0 spiro atoms. The number of nitrogens with zero attached hydrogens (tertiary/aromatic N) is 1. The highest BCUT2D eigenvalue weighted by molar-refractivity contribution is 9.10. The average molecular weight is 642 g/mol. The van der Waals surface area contributed by atoms with Gasteiger partial charge in [0.25, 0.3) is 5.91 Å². The molecule has 4 aromatic rings. The first-order valence-electron chi connectivity index (χ1n) is 14.6. The fraction of sp³-hybridized carbons (Fsp3) is 0.306. The van der Waals surface area contributed by atoms with Crippen LogP contribution in [0.4, 0.5) is 4.39 Å². The predicted molar refractivity (Wildman–Crippen MR) is 171 cm³/mol. The fourth-order valence-corrected chi connectivity index (χ4v) is 6.94. The fourth-order valence-electron chi connectivity index (χ4n) is 6.58. The first-order valence-corrected chi connectivity index (χ1v) is 15.4. The number of benzene rings is 3. The van der Waals surface area contributed by atoms with Crippen LogP contribution in [0.15, 0.2) is 83.3 Å².